The molecule has 3 heteroatoms. The molecule has 13 heavy (non-hydrogen) atoms. The first-order chi connectivity index (χ1) is 6.27. The lowest BCUT2D eigenvalue weighted by atomic mass is 10.0. The molecule has 1 aromatic rings. The van der Waals surface area contributed by atoms with Crippen molar-refractivity contribution in [3.8, 4) is 5.75 Å². The summed E-state index contributed by atoms with van der Waals surface area (Å²) in [5.74, 6) is -0.109. The van der Waals surface area contributed by atoms with E-state index in [1.165, 1.54) is 18.2 Å². The van der Waals surface area contributed by atoms with Crippen LogP contribution in [0.3, 0.4) is 0 Å². The molecule has 1 aromatic carbocycles. The van der Waals surface area contributed by atoms with Crippen molar-refractivity contribution in [3.05, 3.63) is 29.6 Å². The van der Waals surface area contributed by atoms with Crippen molar-refractivity contribution in [3.63, 3.8) is 0 Å². The largest absolute Gasteiger partial charge is 0.508 e. The minimum atomic E-state index is -0.239. The predicted octanol–water partition coefficient (Wildman–Crippen LogP) is 1.96. The average molecular weight is 181 g/mol. The van der Waals surface area contributed by atoms with Gasteiger partial charge in [0.15, 0.2) is 0 Å². The smallest absolute Gasteiger partial charge is 0.128 e. The molecule has 1 fully saturated rings. The van der Waals surface area contributed by atoms with Crippen molar-refractivity contribution >= 4 is 0 Å². The van der Waals surface area contributed by atoms with E-state index in [-0.39, 0.29) is 17.6 Å². The minimum absolute atomic E-state index is 0.0760. The summed E-state index contributed by atoms with van der Waals surface area (Å²) in [5.41, 5.74) is 0.581. The van der Waals surface area contributed by atoms with E-state index in [0.717, 1.165) is 19.4 Å². The van der Waals surface area contributed by atoms with Crippen LogP contribution in [0, 0.1) is 5.82 Å². The van der Waals surface area contributed by atoms with Crippen LogP contribution in [0.2, 0.25) is 0 Å². The van der Waals surface area contributed by atoms with Gasteiger partial charge in [0, 0.05) is 11.6 Å². The SMILES string of the molecule is Oc1ccc(F)c(C2CCCN2)c1. The first-order valence-electron chi connectivity index (χ1n) is 4.49. The fourth-order valence-corrected chi connectivity index (χ4v) is 1.75. The molecule has 1 unspecified atom stereocenters. The summed E-state index contributed by atoms with van der Waals surface area (Å²) in [6, 6.07) is 4.25. The Labute approximate surface area is 76.4 Å². The van der Waals surface area contributed by atoms with Crippen LogP contribution in [-0.2, 0) is 0 Å². The third-order valence-corrected chi connectivity index (χ3v) is 2.42. The van der Waals surface area contributed by atoms with Crippen LogP contribution in [0.5, 0.6) is 5.75 Å². The second kappa shape index (κ2) is 3.34. The van der Waals surface area contributed by atoms with Crippen molar-refractivity contribution in [1.29, 1.82) is 0 Å². The highest BCUT2D eigenvalue weighted by Gasteiger charge is 2.19. The number of aromatic hydroxyl groups is 1. The normalized spacial score (nSPS) is 22.1. The maximum Gasteiger partial charge on any atom is 0.128 e. The van der Waals surface area contributed by atoms with E-state index in [1.807, 2.05) is 0 Å². The fourth-order valence-electron chi connectivity index (χ4n) is 1.75. The van der Waals surface area contributed by atoms with Gasteiger partial charge >= 0.3 is 0 Å². The highest BCUT2D eigenvalue weighted by Crippen LogP contribution is 2.27. The van der Waals surface area contributed by atoms with Crippen LogP contribution in [0.25, 0.3) is 0 Å². The van der Waals surface area contributed by atoms with Gasteiger partial charge in [0.05, 0.1) is 0 Å². The molecular formula is C10H12FNO. The van der Waals surface area contributed by atoms with Crippen LogP contribution >= 0.6 is 0 Å². The fraction of sp³-hybridized carbons (Fsp3) is 0.400. The standard InChI is InChI=1S/C10H12FNO/c11-9-4-3-7(13)6-8(9)10-2-1-5-12-10/h3-4,6,10,12-13H,1-2,5H2. The number of phenols is 1. The third-order valence-electron chi connectivity index (χ3n) is 2.42. The molecule has 1 aliphatic rings. The third kappa shape index (κ3) is 1.65. The molecule has 1 heterocycles. The summed E-state index contributed by atoms with van der Waals surface area (Å²) in [7, 11) is 0. The minimum Gasteiger partial charge on any atom is -0.508 e. The van der Waals surface area contributed by atoms with E-state index in [1.54, 1.807) is 0 Å². The van der Waals surface area contributed by atoms with Crippen molar-refractivity contribution < 1.29 is 9.50 Å². The lowest BCUT2D eigenvalue weighted by molar-refractivity contribution is 0.467. The topological polar surface area (TPSA) is 32.3 Å². The molecule has 2 nitrogen and oxygen atoms in total. The number of hydrogen-bond acceptors (Lipinski definition) is 2. The Bertz CT molecular complexity index is 308. The monoisotopic (exact) mass is 181 g/mol. The molecule has 0 bridgehead atoms. The van der Waals surface area contributed by atoms with E-state index >= 15 is 0 Å². The molecule has 0 aliphatic carbocycles. The van der Waals surface area contributed by atoms with Crippen LogP contribution in [-0.4, -0.2) is 11.7 Å². The van der Waals surface area contributed by atoms with Crippen molar-refractivity contribution in [2.75, 3.05) is 6.54 Å². The summed E-state index contributed by atoms with van der Waals surface area (Å²) in [5, 5.41) is 12.4. The maximum atomic E-state index is 13.3. The molecule has 1 saturated heterocycles. The van der Waals surface area contributed by atoms with Gasteiger partial charge in [-0.3, -0.25) is 0 Å². The first kappa shape index (κ1) is 8.51. The number of nitrogens with one attached hydrogen (secondary N) is 1. The summed E-state index contributed by atoms with van der Waals surface area (Å²) in [4.78, 5) is 0. The van der Waals surface area contributed by atoms with Gasteiger partial charge in [-0.05, 0) is 37.6 Å². The molecule has 0 amide bonds. The summed E-state index contributed by atoms with van der Waals surface area (Å²) in [6.45, 7) is 0.930. The van der Waals surface area contributed by atoms with E-state index < -0.39 is 0 Å². The van der Waals surface area contributed by atoms with Gasteiger partial charge in [-0.2, -0.15) is 0 Å². The van der Waals surface area contributed by atoms with Gasteiger partial charge in [-0.25, -0.2) is 4.39 Å². The summed E-state index contributed by atoms with van der Waals surface area (Å²) in [6.07, 6.45) is 2.01. The molecule has 0 spiro atoms. The van der Waals surface area contributed by atoms with Crippen LogP contribution in [0.4, 0.5) is 4.39 Å². The number of rotatable bonds is 1. The molecule has 0 saturated carbocycles. The lowest BCUT2D eigenvalue weighted by Gasteiger charge is -2.11. The zero-order chi connectivity index (χ0) is 9.26. The Kier molecular flexibility index (Phi) is 2.19. The Morgan fingerprint density at radius 3 is 3.00 bits per heavy atom. The van der Waals surface area contributed by atoms with E-state index in [2.05, 4.69) is 5.32 Å². The molecule has 2 N–H and O–H groups in total. The van der Waals surface area contributed by atoms with E-state index in [9.17, 15) is 9.50 Å². The lowest BCUT2D eigenvalue weighted by Crippen LogP contribution is -2.14. The van der Waals surface area contributed by atoms with E-state index in [4.69, 9.17) is 0 Å². The van der Waals surface area contributed by atoms with Gasteiger partial charge in [-0.15, -0.1) is 0 Å². The zero-order valence-corrected chi connectivity index (χ0v) is 7.26. The molecular weight excluding hydrogens is 169 g/mol. The number of benzene rings is 1. The van der Waals surface area contributed by atoms with Crippen molar-refractivity contribution in [2.24, 2.45) is 0 Å². The molecule has 2 rings (SSSR count). The Balaban J connectivity index is 2.32. The molecule has 0 aromatic heterocycles. The Hall–Kier alpha value is -1.09. The quantitative estimate of drug-likeness (QED) is 0.694. The van der Waals surface area contributed by atoms with Gasteiger partial charge in [-0.1, -0.05) is 0 Å². The number of hydrogen-bond donors (Lipinski definition) is 2. The number of halogens is 1. The van der Waals surface area contributed by atoms with Crippen molar-refractivity contribution in [2.45, 2.75) is 18.9 Å². The second-order valence-corrected chi connectivity index (χ2v) is 3.35. The second-order valence-electron chi connectivity index (χ2n) is 3.35. The van der Waals surface area contributed by atoms with Gasteiger partial charge < -0.3 is 10.4 Å². The predicted molar refractivity (Wildman–Crippen MR) is 48.0 cm³/mol. The number of phenolic OH excluding ortho intramolecular Hbond substituents is 1. The van der Waals surface area contributed by atoms with Crippen molar-refractivity contribution in [1.82, 2.24) is 5.32 Å². The molecule has 0 radical (unpaired) electrons. The van der Waals surface area contributed by atoms with Gasteiger partial charge in [0.25, 0.3) is 0 Å². The molecule has 1 atom stereocenters. The molecule has 1 aliphatic heterocycles. The van der Waals surface area contributed by atoms with Crippen LogP contribution in [0.15, 0.2) is 18.2 Å². The van der Waals surface area contributed by atoms with Gasteiger partial charge in [0.2, 0.25) is 0 Å². The van der Waals surface area contributed by atoms with Gasteiger partial charge in [0.1, 0.15) is 11.6 Å². The highest BCUT2D eigenvalue weighted by molar-refractivity contribution is 5.31. The highest BCUT2D eigenvalue weighted by atomic mass is 19.1. The van der Waals surface area contributed by atoms with Crippen LogP contribution < -0.4 is 5.32 Å². The summed E-state index contributed by atoms with van der Waals surface area (Å²) >= 11 is 0. The Morgan fingerprint density at radius 2 is 2.31 bits per heavy atom. The van der Waals surface area contributed by atoms with Crippen LogP contribution in [0.1, 0.15) is 24.4 Å². The Morgan fingerprint density at radius 1 is 1.46 bits per heavy atom. The summed E-state index contributed by atoms with van der Waals surface area (Å²) < 4.78 is 13.3. The van der Waals surface area contributed by atoms with E-state index in [0.29, 0.717) is 5.56 Å². The molecule has 70 valence electrons. The maximum absolute atomic E-state index is 13.3. The zero-order valence-electron chi connectivity index (χ0n) is 7.26. The average Bonchev–Trinajstić information content (AvgIpc) is 2.61. The first-order valence-corrected chi connectivity index (χ1v) is 4.49.